The molecule has 0 aliphatic carbocycles. The van der Waals surface area contributed by atoms with Crippen molar-refractivity contribution in [3.8, 4) is 0 Å². The zero-order valence-electron chi connectivity index (χ0n) is 16.4. The van der Waals surface area contributed by atoms with Crippen LogP contribution in [-0.4, -0.2) is 30.3 Å². The minimum absolute atomic E-state index is 0.0457. The number of anilines is 2. The largest absolute Gasteiger partial charge is 0.376 e. The van der Waals surface area contributed by atoms with Crippen LogP contribution in [0.2, 0.25) is 10.0 Å². The van der Waals surface area contributed by atoms with Gasteiger partial charge in [0.15, 0.2) is 0 Å². The van der Waals surface area contributed by atoms with Crippen molar-refractivity contribution >= 4 is 46.4 Å². The summed E-state index contributed by atoms with van der Waals surface area (Å²) < 4.78 is 0. The summed E-state index contributed by atoms with van der Waals surface area (Å²) in [6, 6.07) is 21.7. The van der Waals surface area contributed by atoms with Crippen LogP contribution >= 0.6 is 23.2 Å². The third-order valence-corrected chi connectivity index (χ3v) is 5.11. The summed E-state index contributed by atoms with van der Waals surface area (Å²) in [7, 11) is 1.75. The van der Waals surface area contributed by atoms with Gasteiger partial charge in [0, 0.05) is 30.5 Å². The Morgan fingerprint density at radius 3 is 2.37 bits per heavy atom. The van der Waals surface area contributed by atoms with E-state index in [4.69, 9.17) is 23.2 Å². The van der Waals surface area contributed by atoms with Gasteiger partial charge >= 0.3 is 0 Å². The predicted octanol–water partition coefficient (Wildman–Crippen LogP) is 5.32. The molecule has 0 spiro atoms. The van der Waals surface area contributed by atoms with E-state index >= 15 is 0 Å². The van der Waals surface area contributed by atoms with E-state index in [-0.39, 0.29) is 18.4 Å². The molecule has 0 saturated heterocycles. The second-order valence-electron chi connectivity index (χ2n) is 6.76. The summed E-state index contributed by atoms with van der Waals surface area (Å²) in [4.78, 5) is 26.6. The van der Waals surface area contributed by atoms with Crippen molar-refractivity contribution in [3.63, 3.8) is 0 Å². The zero-order chi connectivity index (χ0) is 21.5. The lowest BCUT2D eigenvalue weighted by molar-refractivity contribution is -0.114. The quantitative estimate of drug-likeness (QED) is 0.521. The van der Waals surface area contributed by atoms with Crippen molar-refractivity contribution in [3.05, 3.63) is 94.0 Å². The standard InChI is InChI=1S/C23H21Cl2N3O2/c1-28(15-16-6-3-2-4-7-16)23(30)17-8-5-9-19(12-17)27-22(29)14-26-18-10-11-20(24)21(25)13-18/h2-13,26H,14-15H2,1H3,(H,27,29). The molecule has 0 bridgehead atoms. The van der Waals surface area contributed by atoms with E-state index in [2.05, 4.69) is 10.6 Å². The lowest BCUT2D eigenvalue weighted by atomic mass is 10.1. The monoisotopic (exact) mass is 441 g/mol. The molecule has 30 heavy (non-hydrogen) atoms. The first-order chi connectivity index (χ1) is 14.4. The van der Waals surface area contributed by atoms with Crippen molar-refractivity contribution in [2.45, 2.75) is 6.54 Å². The lowest BCUT2D eigenvalue weighted by Crippen LogP contribution is -2.26. The molecular weight excluding hydrogens is 421 g/mol. The Bertz CT molecular complexity index is 1040. The molecule has 0 unspecified atom stereocenters. The van der Waals surface area contributed by atoms with Gasteiger partial charge in [0.25, 0.3) is 5.91 Å². The van der Waals surface area contributed by atoms with Gasteiger partial charge in [-0.2, -0.15) is 0 Å². The summed E-state index contributed by atoms with van der Waals surface area (Å²) in [5, 5.41) is 6.64. The molecule has 0 fully saturated rings. The molecule has 5 nitrogen and oxygen atoms in total. The zero-order valence-corrected chi connectivity index (χ0v) is 17.9. The molecule has 0 saturated carbocycles. The molecule has 0 atom stereocenters. The number of carbonyl (C=O) groups excluding carboxylic acids is 2. The summed E-state index contributed by atoms with van der Waals surface area (Å²) in [6.45, 7) is 0.549. The van der Waals surface area contributed by atoms with Gasteiger partial charge in [-0.25, -0.2) is 0 Å². The van der Waals surface area contributed by atoms with Crippen LogP contribution in [0.25, 0.3) is 0 Å². The first-order valence-corrected chi connectivity index (χ1v) is 10.1. The molecule has 3 aromatic carbocycles. The van der Waals surface area contributed by atoms with Crippen molar-refractivity contribution < 1.29 is 9.59 Å². The van der Waals surface area contributed by atoms with Crippen LogP contribution in [0, 0.1) is 0 Å². The normalized spacial score (nSPS) is 10.4. The Kier molecular flexibility index (Phi) is 7.33. The summed E-state index contributed by atoms with van der Waals surface area (Å²) in [5.41, 5.74) is 2.79. The predicted molar refractivity (Wildman–Crippen MR) is 122 cm³/mol. The summed E-state index contributed by atoms with van der Waals surface area (Å²) in [5.74, 6) is -0.368. The Labute approximate surface area is 185 Å². The van der Waals surface area contributed by atoms with Gasteiger partial charge in [0.1, 0.15) is 0 Å². The third-order valence-electron chi connectivity index (χ3n) is 4.38. The Hall–Kier alpha value is -3.02. The lowest BCUT2D eigenvalue weighted by Gasteiger charge is -2.18. The fourth-order valence-corrected chi connectivity index (χ4v) is 3.17. The van der Waals surface area contributed by atoms with E-state index in [9.17, 15) is 9.59 Å². The Morgan fingerprint density at radius 2 is 1.63 bits per heavy atom. The number of carbonyl (C=O) groups is 2. The fraction of sp³-hybridized carbons (Fsp3) is 0.130. The van der Waals surface area contributed by atoms with Crippen LogP contribution in [0.3, 0.4) is 0 Å². The molecular formula is C23H21Cl2N3O2. The first-order valence-electron chi connectivity index (χ1n) is 9.30. The minimum atomic E-state index is -0.247. The van der Waals surface area contributed by atoms with Crippen LogP contribution in [0.15, 0.2) is 72.8 Å². The van der Waals surface area contributed by atoms with E-state index in [1.54, 1.807) is 54.4 Å². The number of hydrogen-bond donors (Lipinski definition) is 2. The number of nitrogens with one attached hydrogen (secondary N) is 2. The highest BCUT2D eigenvalue weighted by Crippen LogP contribution is 2.24. The average molecular weight is 442 g/mol. The van der Waals surface area contributed by atoms with Crippen molar-refractivity contribution in [2.75, 3.05) is 24.2 Å². The van der Waals surface area contributed by atoms with Gasteiger partial charge < -0.3 is 15.5 Å². The highest BCUT2D eigenvalue weighted by Gasteiger charge is 2.13. The van der Waals surface area contributed by atoms with E-state index < -0.39 is 0 Å². The van der Waals surface area contributed by atoms with Gasteiger partial charge in [-0.15, -0.1) is 0 Å². The number of halogens is 2. The van der Waals surface area contributed by atoms with Crippen molar-refractivity contribution in [1.29, 1.82) is 0 Å². The van der Waals surface area contributed by atoms with Crippen LogP contribution in [0.4, 0.5) is 11.4 Å². The van der Waals surface area contributed by atoms with Crippen LogP contribution in [0.5, 0.6) is 0 Å². The molecule has 2 amide bonds. The molecule has 2 N–H and O–H groups in total. The van der Waals surface area contributed by atoms with Gasteiger partial charge in [-0.3, -0.25) is 9.59 Å². The molecule has 0 aromatic heterocycles. The number of nitrogens with zero attached hydrogens (tertiary/aromatic N) is 1. The van der Waals surface area contributed by atoms with Crippen LogP contribution in [-0.2, 0) is 11.3 Å². The fourth-order valence-electron chi connectivity index (χ4n) is 2.87. The number of amides is 2. The molecule has 0 aliphatic rings. The molecule has 0 radical (unpaired) electrons. The van der Waals surface area contributed by atoms with Crippen LogP contribution < -0.4 is 10.6 Å². The highest BCUT2D eigenvalue weighted by atomic mass is 35.5. The molecule has 0 aliphatic heterocycles. The van der Waals surface area contributed by atoms with Crippen molar-refractivity contribution in [2.24, 2.45) is 0 Å². The maximum atomic E-state index is 12.7. The third kappa shape index (κ3) is 5.99. The number of benzene rings is 3. The summed E-state index contributed by atoms with van der Waals surface area (Å²) in [6.07, 6.45) is 0. The van der Waals surface area contributed by atoms with Crippen LogP contribution in [0.1, 0.15) is 15.9 Å². The van der Waals surface area contributed by atoms with Gasteiger partial charge in [0.05, 0.1) is 16.6 Å². The second kappa shape index (κ2) is 10.1. The van der Waals surface area contributed by atoms with E-state index in [1.807, 2.05) is 30.3 Å². The molecule has 0 heterocycles. The minimum Gasteiger partial charge on any atom is -0.376 e. The van der Waals surface area contributed by atoms with Gasteiger partial charge in [0.2, 0.25) is 5.91 Å². The number of hydrogen-bond acceptors (Lipinski definition) is 3. The molecule has 154 valence electrons. The van der Waals surface area contributed by atoms with E-state index in [0.717, 1.165) is 5.56 Å². The van der Waals surface area contributed by atoms with Gasteiger partial charge in [-0.1, -0.05) is 59.6 Å². The van der Waals surface area contributed by atoms with E-state index in [1.165, 1.54) is 0 Å². The molecule has 3 rings (SSSR count). The maximum Gasteiger partial charge on any atom is 0.253 e. The Morgan fingerprint density at radius 1 is 0.867 bits per heavy atom. The number of rotatable bonds is 7. The second-order valence-corrected chi connectivity index (χ2v) is 7.57. The van der Waals surface area contributed by atoms with Crippen molar-refractivity contribution in [1.82, 2.24) is 4.90 Å². The van der Waals surface area contributed by atoms with E-state index in [0.29, 0.717) is 33.5 Å². The topological polar surface area (TPSA) is 61.4 Å². The Balaban J connectivity index is 1.58. The SMILES string of the molecule is CN(Cc1ccccc1)C(=O)c1cccc(NC(=O)CNc2ccc(Cl)c(Cl)c2)c1. The highest BCUT2D eigenvalue weighted by molar-refractivity contribution is 6.42. The maximum absolute atomic E-state index is 12.7. The molecule has 3 aromatic rings. The summed E-state index contributed by atoms with van der Waals surface area (Å²) >= 11 is 11.9. The van der Waals surface area contributed by atoms with Gasteiger partial charge in [-0.05, 0) is 42.0 Å². The average Bonchev–Trinajstić information content (AvgIpc) is 2.75. The first kappa shape index (κ1) is 21.7. The smallest absolute Gasteiger partial charge is 0.253 e. The molecule has 7 heteroatoms.